The lowest BCUT2D eigenvalue weighted by Gasteiger charge is -2.10. The third-order valence-electron chi connectivity index (χ3n) is 2.64. The number of aryl methyl sites for hydroxylation is 1. The van der Waals surface area contributed by atoms with Gasteiger partial charge in [0, 0.05) is 9.75 Å². The molecular formula is C13H13ClFNS. The van der Waals surface area contributed by atoms with E-state index in [1.54, 1.807) is 23.5 Å². The highest BCUT2D eigenvalue weighted by Gasteiger charge is 2.13. The van der Waals surface area contributed by atoms with Gasteiger partial charge in [0.15, 0.2) is 0 Å². The van der Waals surface area contributed by atoms with Crippen LogP contribution in [0, 0.1) is 5.82 Å². The van der Waals surface area contributed by atoms with Gasteiger partial charge in [-0.05, 0) is 36.2 Å². The molecule has 0 saturated carbocycles. The standard InChI is InChI=1S/C13H13ClFNS/c1-2-9-4-6-12(17-9)13(16)8-3-5-11(15)10(14)7-8/h3-7,13H,2,16H2,1H3. The number of hydrogen-bond acceptors (Lipinski definition) is 2. The summed E-state index contributed by atoms with van der Waals surface area (Å²) < 4.78 is 13.1. The van der Waals surface area contributed by atoms with Gasteiger partial charge in [-0.1, -0.05) is 24.6 Å². The van der Waals surface area contributed by atoms with Crippen LogP contribution < -0.4 is 5.73 Å². The SMILES string of the molecule is CCc1ccc(C(N)c2ccc(F)c(Cl)c2)s1. The highest BCUT2D eigenvalue weighted by molar-refractivity contribution is 7.12. The lowest BCUT2D eigenvalue weighted by atomic mass is 10.1. The third-order valence-corrected chi connectivity index (χ3v) is 4.24. The number of rotatable bonds is 3. The van der Waals surface area contributed by atoms with Gasteiger partial charge in [-0.3, -0.25) is 0 Å². The van der Waals surface area contributed by atoms with Gasteiger partial charge in [0.2, 0.25) is 0 Å². The molecule has 0 saturated heterocycles. The predicted molar refractivity (Wildman–Crippen MR) is 71.1 cm³/mol. The van der Waals surface area contributed by atoms with E-state index in [1.165, 1.54) is 10.9 Å². The first-order valence-electron chi connectivity index (χ1n) is 5.41. The van der Waals surface area contributed by atoms with Gasteiger partial charge in [0.25, 0.3) is 0 Å². The minimum atomic E-state index is -0.414. The van der Waals surface area contributed by atoms with Crippen LogP contribution in [0.15, 0.2) is 30.3 Å². The Bertz CT molecular complexity index is 524. The van der Waals surface area contributed by atoms with Crippen LogP contribution in [0.3, 0.4) is 0 Å². The predicted octanol–water partition coefficient (Wildman–Crippen LogP) is 4.15. The number of nitrogens with two attached hydrogens (primary N) is 1. The van der Waals surface area contributed by atoms with E-state index in [4.69, 9.17) is 17.3 Å². The zero-order chi connectivity index (χ0) is 12.4. The van der Waals surface area contributed by atoms with E-state index in [0.717, 1.165) is 16.9 Å². The molecule has 4 heteroatoms. The zero-order valence-electron chi connectivity index (χ0n) is 9.41. The van der Waals surface area contributed by atoms with Gasteiger partial charge in [0.05, 0.1) is 11.1 Å². The Morgan fingerprint density at radius 2 is 2.12 bits per heavy atom. The van der Waals surface area contributed by atoms with Crippen molar-refractivity contribution in [1.82, 2.24) is 0 Å². The number of halogens is 2. The largest absolute Gasteiger partial charge is 0.320 e. The maximum Gasteiger partial charge on any atom is 0.141 e. The summed E-state index contributed by atoms with van der Waals surface area (Å²) in [4.78, 5) is 2.37. The molecule has 0 spiro atoms. The molecule has 17 heavy (non-hydrogen) atoms. The van der Waals surface area contributed by atoms with Crippen molar-refractivity contribution in [2.75, 3.05) is 0 Å². The molecule has 0 bridgehead atoms. The van der Waals surface area contributed by atoms with Crippen molar-refractivity contribution in [3.8, 4) is 0 Å². The zero-order valence-corrected chi connectivity index (χ0v) is 11.0. The Morgan fingerprint density at radius 1 is 1.35 bits per heavy atom. The first-order chi connectivity index (χ1) is 8.11. The van der Waals surface area contributed by atoms with Crippen molar-refractivity contribution in [3.63, 3.8) is 0 Å². The summed E-state index contributed by atoms with van der Waals surface area (Å²) in [7, 11) is 0. The molecule has 1 atom stereocenters. The van der Waals surface area contributed by atoms with Crippen molar-refractivity contribution in [1.29, 1.82) is 0 Å². The summed E-state index contributed by atoms with van der Waals surface area (Å²) >= 11 is 7.43. The van der Waals surface area contributed by atoms with Crippen molar-refractivity contribution in [3.05, 3.63) is 56.5 Å². The molecule has 0 aliphatic rings. The molecule has 1 unspecified atom stereocenters. The lowest BCUT2D eigenvalue weighted by molar-refractivity contribution is 0.627. The fourth-order valence-corrected chi connectivity index (χ4v) is 2.79. The molecule has 1 aromatic heterocycles. The highest BCUT2D eigenvalue weighted by Crippen LogP contribution is 2.29. The van der Waals surface area contributed by atoms with Crippen LogP contribution in [0.1, 0.15) is 28.3 Å². The Hall–Kier alpha value is -0.900. The molecule has 2 rings (SSSR count). The topological polar surface area (TPSA) is 26.0 Å². The molecule has 0 radical (unpaired) electrons. The molecule has 0 aliphatic heterocycles. The van der Waals surface area contributed by atoms with E-state index in [2.05, 4.69) is 13.0 Å². The van der Waals surface area contributed by atoms with Gasteiger partial charge in [-0.2, -0.15) is 0 Å². The Kier molecular flexibility index (Phi) is 3.82. The van der Waals surface area contributed by atoms with Gasteiger partial charge in [0.1, 0.15) is 5.82 Å². The van der Waals surface area contributed by atoms with Gasteiger partial charge >= 0.3 is 0 Å². The minimum absolute atomic E-state index is 0.116. The fraction of sp³-hybridized carbons (Fsp3) is 0.231. The summed E-state index contributed by atoms with van der Waals surface area (Å²) in [5.41, 5.74) is 6.97. The summed E-state index contributed by atoms with van der Waals surface area (Å²) in [6.45, 7) is 2.11. The molecule has 2 N–H and O–H groups in total. The van der Waals surface area contributed by atoms with Crippen molar-refractivity contribution < 1.29 is 4.39 Å². The van der Waals surface area contributed by atoms with E-state index < -0.39 is 5.82 Å². The lowest BCUT2D eigenvalue weighted by Crippen LogP contribution is -2.10. The van der Waals surface area contributed by atoms with Crippen LogP contribution in [0.5, 0.6) is 0 Å². The Balaban J connectivity index is 2.29. The summed E-state index contributed by atoms with van der Waals surface area (Å²) in [6.07, 6.45) is 1.00. The minimum Gasteiger partial charge on any atom is -0.320 e. The van der Waals surface area contributed by atoms with Gasteiger partial charge in [-0.25, -0.2) is 4.39 Å². The Labute approximate surface area is 109 Å². The van der Waals surface area contributed by atoms with E-state index in [1.807, 2.05) is 6.07 Å². The second-order valence-corrected chi connectivity index (χ2v) is 5.42. The van der Waals surface area contributed by atoms with Gasteiger partial charge < -0.3 is 5.73 Å². The average molecular weight is 270 g/mol. The van der Waals surface area contributed by atoms with E-state index in [-0.39, 0.29) is 11.1 Å². The smallest absolute Gasteiger partial charge is 0.141 e. The fourth-order valence-electron chi connectivity index (χ4n) is 1.62. The van der Waals surface area contributed by atoms with Crippen LogP contribution in [0.25, 0.3) is 0 Å². The van der Waals surface area contributed by atoms with E-state index in [9.17, 15) is 4.39 Å². The van der Waals surface area contributed by atoms with Crippen LogP contribution >= 0.6 is 22.9 Å². The number of thiophene rings is 1. The maximum absolute atomic E-state index is 13.1. The molecule has 0 fully saturated rings. The molecular weight excluding hydrogens is 257 g/mol. The third kappa shape index (κ3) is 2.68. The summed E-state index contributed by atoms with van der Waals surface area (Å²) in [5, 5.41) is 0.116. The van der Waals surface area contributed by atoms with Crippen LogP contribution in [0.4, 0.5) is 4.39 Å². The van der Waals surface area contributed by atoms with E-state index in [0.29, 0.717) is 0 Å². The second-order valence-electron chi connectivity index (χ2n) is 3.81. The summed E-state index contributed by atoms with van der Waals surface area (Å²) in [6, 6.07) is 8.48. The number of benzene rings is 1. The normalized spacial score (nSPS) is 12.7. The Morgan fingerprint density at radius 3 is 2.71 bits per heavy atom. The van der Waals surface area contributed by atoms with Crippen molar-refractivity contribution in [2.45, 2.75) is 19.4 Å². The first-order valence-corrected chi connectivity index (χ1v) is 6.60. The molecule has 1 aromatic carbocycles. The van der Waals surface area contributed by atoms with Gasteiger partial charge in [-0.15, -0.1) is 11.3 Å². The van der Waals surface area contributed by atoms with Crippen LogP contribution in [0.2, 0.25) is 5.02 Å². The molecule has 90 valence electrons. The molecule has 1 nitrogen and oxygen atoms in total. The quantitative estimate of drug-likeness (QED) is 0.890. The molecule has 1 heterocycles. The molecule has 2 aromatic rings. The van der Waals surface area contributed by atoms with Crippen molar-refractivity contribution >= 4 is 22.9 Å². The first kappa shape index (κ1) is 12.6. The van der Waals surface area contributed by atoms with E-state index >= 15 is 0 Å². The maximum atomic E-state index is 13.1. The highest BCUT2D eigenvalue weighted by atomic mass is 35.5. The van der Waals surface area contributed by atoms with Crippen LogP contribution in [-0.2, 0) is 6.42 Å². The molecule has 0 aliphatic carbocycles. The summed E-state index contributed by atoms with van der Waals surface area (Å²) in [5.74, 6) is -0.414. The average Bonchev–Trinajstić information content (AvgIpc) is 2.80. The monoisotopic (exact) mass is 269 g/mol. The van der Waals surface area contributed by atoms with Crippen LogP contribution in [-0.4, -0.2) is 0 Å². The number of hydrogen-bond donors (Lipinski definition) is 1. The molecule has 0 amide bonds. The van der Waals surface area contributed by atoms with Crippen molar-refractivity contribution in [2.24, 2.45) is 5.73 Å². The second kappa shape index (κ2) is 5.17.